The second-order valence-electron chi connectivity index (χ2n) is 4.32. The van der Waals surface area contributed by atoms with E-state index in [1.54, 1.807) is 0 Å². The molecule has 7 heteroatoms. The molecule has 3 N–H and O–H groups in total. The molecule has 18 heavy (non-hydrogen) atoms. The first-order valence-corrected chi connectivity index (χ1v) is 8.50. The van der Waals surface area contributed by atoms with Crippen LogP contribution in [0.2, 0.25) is 0 Å². The normalized spacial score (nSPS) is 17.8. The molecule has 0 aliphatic carbocycles. The Morgan fingerprint density at radius 3 is 2.83 bits per heavy atom. The minimum absolute atomic E-state index is 0.181. The van der Waals surface area contributed by atoms with Gasteiger partial charge >= 0.3 is 0 Å². The summed E-state index contributed by atoms with van der Waals surface area (Å²) in [5.41, 5.74) is 5.49. The van der Waals surface area contributed by atoms with Crippen LogP contribution in [0, 0.1) is 5.92 Å². The van der Waals surface area contributed by atoms with Crippen LogP contribution in [0.3, 0.4) is 0 Å². The molecule has 0 unspecified atom stereocenters. The molecular formula is C11H17N3O2S2. The van der Waals surface area contributed by atoms with E-state index in [1.165, 1.54) is 18.3 Å². The number of nitrogen functional groups attached to an aromatic ring is 1. The Hall–Kier alpha value is -0.790. The maximum absolute atomic E-state index is 12.0. The molecule has 1 aromatic rings. The van der Waals surface area contributed by atoms with E-state index in [0.717, 1.165) is 24.3 Å². The molecule has 0 saturated carbocycles. The van der Waals surface area contributed by atoms with Crippen molar-refractivity contribution < 1.29 is 8.42 Å². The summed E-state index contributed by atoms with van der Waals surface area (Å²) in [5, 5.41) is 0. The van der Waals surface area contributed by atoms with E-state index in [0.29, 0.717) is 12.5 Å². The first kappa shape index (κ1) is 13.6. The minimum Gasteiger partial charge on any atom is -0.384 e. The van der Waals surface area contributed by atoms with Gasteiger partial charge in [-0.3, -0.25) is 0 Å². The van der Waals surface area contributed by atoms with E-state index in [9.17, 15) is 8.42 Å². The molecule has 0 spiro atoms. The Bertz CT molecular complexity index is 499. The van der Waals surface area contributed by atoms with Crippen LogP contribution in [0.25, 0.3) is 0 Å². The van der Waals surface area contributed by atoms with Crippen LogP contribution in [0.15, 0.2) is 23.2 Å². The molecule has 1 aliphatic heterocycles. The number of thioether (sulfide) groups is 1. The summed E-state index contributed by atoms with van der Waals surface area (Å²) in [6.45, 7) is 0.505. The highest BCUT2D eigenvalue weighted by Crippen LogP contribution is 2.22. The fraction of sp³-hybridized carbons (Fsp3) is 0.545. The molecule has 5 nitrogen and oxygen atoms in total. The van der Waals surface area contributed by atoms with Crippen LogP contribution in [0.4, 0.5) is 5.82 Å². The van der Waals surface area contributed by atoms with Gasteiger partial charge in [0, 0.05) is 18.8 Å². The Balaban J connectivity index is 1.98. The van der Waals surface area contributed by atoms with Gasteiger partial charge in [-0.25, -0.2) is 18.1 Å². The largest absolute Gasteiger partial charge is 0.384 e. The number of anilines is 1. The highest BCUT2D eigenvalue weighted by molar-refractivity contribution is 7.99. The topological polar surface area (TPSA) is 85.1 Å². The molecule has 2 rings (SSSR count). The Morgan fingerprint density at radius 1 is 1.44 bits per heavy atom. The van der Waals surface area contributed by atoms with E-state index >= 15 is 0 Å². The second kappa shape index (κ2) is 5.90. The summed E-state index contributed by atoms with van der Waals surface area (Å²) in [6, 6.07) is 2.83. The van der Waals surface area contributed by atoms with Crippen molar-refractivity contribution >= 4 is 27.6 Å². The average Bonchev–Trinajstić information content (AvgIpc) is 2.38. The number of pyridine rings is 1. The highest BCUT2D eigenvalue weighted by atomic mass is 32.2. The van der Waals surface area contributed by atoms with Gasteiger partial charge in [0.25, 0.3) is 0 Å². The van der Waals surface area contributed by atoms with Crippen molar-refractivity contribution in [2.24, 2.45) is 5.92 Å². The summed E-state index contributed by atoms with van der Waals surface area (Å²) in [6.07, 6.45) is 3.55. The molecule has 0 bridgehead atoms. The first-order chi connectivity index (χ1) is 8.58. The molecule has 2 heterocycles. The third-order valence-electron chi connectivity index (χ3n) is 2.97. The smallest absolute Gasteiger partial charge is 0.240 e. The monoisotopic (exact) mass is 287 g/mol. The molecule has 100 valence electrons. The van der Waals surface area contributed by atoms with Crippen LogP contribution in [0.1, 0.15) is 12.8 Å². The molecule has 1 aliphatic rings. The summed E-state index contributed by atoms with van der Waals surface area (Å²) in [5.74, 6) is 2.90. The van der Waals surface area contributed by atoms with Gasteiger partial charge < -0.3 is 5.73 Å². The number of nitrogens with one attached hydrogen (secondary N) is 1. The summed E-state index contributed by atoms with van der Waals surface area (Å²) in [7, 11) is -3.46. The van der Waals surface area contributed by atoms with Crippen LogP contribution in [-0.2, 0) is 10.0 Å². The van der Waals surface area contributed by atoms with Gasteiger partial charge in [0.15, 0.2) is 0 Å². The maximum Gasteiger partial charge on any atom is 0.240 e. The van der Waals surface area contributed by atoms with Crippen LogP contribution >= 0.6 is 11.8 Å². The standard InChI is InChI=1S/C11H17N3O2S2/c12-11-7-10(1-4-13-11)18(15,16)14-8-9-2-5-17-6-3-9/h1,4,7,9,14H,2-3,5-6,8H2,(H2,12,13). The lowest BCUT2D eigenvalue weighted by Crippen LogP contribution is -2.31. The minimum atomic E-state index is -3.46. The highest BCUT2D eigenvalue weighted by Gasteiger charge is 2.19. The van der Waals surface area contributed by atoms with Crippen LogP contribution < -0.4 is 10.5 Å². The number of hydrogen-bond donors (Lipinski definition) is 2. The van der Waals surface area contributed by atoms with Gasteiger partial charge in [0.1, 0.15) is 5.82 Å². The molecule has 0 amide bonds. The summed E-state index contributed by atoms with van der Waals surface area (Å²) >= 11 is 1.93. The van der Waals surface area contributed by atoms with Crippen molar-refractivity contribution in [2.75, 3.05) is 23.8 Å². The number of sulfonamides is 1. The predicted molar refractivity (Wildman–Crippen MR) is 73.9 cm³/mol. The predicted octanol–water partition coefficient (Wildman–Crippen LogP) is 1.09. The Morgan fingerprint density at radius 2 is 2.17 bits per heavy atom. The second-order valence-corrected chi connectivity index (χ2v) is 7.32. The van der Waals surface area contributed by atoms with Crippen molar-refractivity contribution in [1.29, 1.82) is 0 Å². The van der Waals surface area contributed by atoms with Crippen molar-refractivity contribution in [1.82, 2.24) is 9.71 Å². The zero-order chi connectivity index (χ0) is 13.0. The third-order valence-corrected chi connectivity index (χ3v) is 5.44. The zero-order valence-corrected chi connectivity index (χ0v) is 11.6. The summed E-state index contributed by atoms with van der Waals surface area (Å²) in [4.78, 5) is 3.97. The van der Waals surface area contributed by atoms with Gasteiger partial charge in [-0.1, -0.05) is 0 Å². The molecule has 0 aromatic carbocycles. The van der Waals surface area contributed by atoms with Crippen LogP contribution in [-0.4, -0.2) is 31.5 Å². The van der Waals surface area contributed by atoms with Gasteiger partial charge in [-0.15, -0.1) is 0 Å². The number of nitrogens with zero attached hydrogens (tertiary/aromatic N) is 1. The SMILES string of the molecule is Nc1cc(S(=O)(=O)NCC2CCSCC2)ccn1. The van der Waals surface area contributed by atoms with E-state index in [-0.39, 0.29) is 10.7 Å². The van der Waals surface area contributed by atoms with Crippen molar-refractivity contribution in [3.8, 4) is 0 Å². The molecular weight excluding hydrogens is 270 g/mol. The van der Waals surface area contributed by atoms with E-state index in [2.05, 4.69) is 9.71 Å². The fourth-order valence-electron chi connectivity index (χ4n) is 1.86. The number of hydrogen-bond acceptors (Lipinski definition) is 5. The first-order valence-electron chi connectivity index (χ1n) is 5.87. The van der Waals surface area contributed by atoms with Gasteiger partial charge in [0.2, 0.25) is 10.0 Å². The lowest BCUT2D eigenvalue weighted by atomic mass is 10.0. The maximum atomic E-state index is 12.0. The fourth-order valence-corrected chi connectivity index (χ4v) is 4.20. The van der Waals surface area contributed by atoms with Crippen molar-refractivity contribution in [3.63, 3.8) is 0 Å². The molecule has 0 radical (unpaired) electrons. The molecule has 1 saturated heterocycles. The van der Waals surface area contributed by atoms with Gasteiger partial charge in [-0.2, -0.15) is 11.8 Å². The average molecular weight is 287 g/mol. The molecule has 1 fully saturated rings. The molecule has 0 atom stereocenters. The van der Waals surface area contributed by atoms with Crippen molar-refractivity contribution in [2.45, 2.75) is 17.7 Å². The number of aromatic nitrogens is 1. The Labute approximate surface area is 112 Å². The lowest BCUT2D eigenvalue weighted by molar-refractivity contribution is 0.476. The number of nitrogens with two attached hydrogens (primary N) is 1. The zero-order valence-electron chi connectivity index (χ0n) is 10.0. The summed E-state index contributed by atoms with van der Waals surface area (Å²) < 4.78 is 26.7. The third kappa shape index (κ3) is 3.60. The Kier molecular flexibility index (Phi) is 4.47. The van der Waals surface area contributed by atoms with Gasteiger partial charge in [0.05, 0.1) is 4.90 Å². The van der Waals surface area contributed by atoms with E-state index < -0.39 is 10.0 Å². The lowest BCUT2D eigenvalue weighted by Gasteiger charge is -2.21. The van der Waals surface area contributed by atoms with Crippen LogP contribution in [0.5, 0.6) is 0 Å². The van der Waals surface area contributed by atoms with Gasteiger partial charge in [-0.05, 0) is 36.3 Å². The van der Waals surface area contributed by atoms with E-state index in [4.69, 9.17) is 5.73 Å². The molecule has 1 aromatic heterocycles. The van der Waals surface area contributed by atoms with E-state index in [1.807, 2.05) is 11.8 Å². The van der Waals surface area contributed by atoms with Crippen molar-refractivity contribution in [3.05, 3.63) is 18.3 Å². The quantitative estimate of drug-likeness (QED) is 0.865. The number of rotatable bonds is 4.